The lowest BCUT2D eigenvalue weighted by Crippen LogP contribution is -2.30. The van der Waals surface area contributed by atoms with Gasteiger partial charge in [-0.15, -0.1) is 0 Å². The number of sulfonamides is 1. The van der Waals surface area contributed by atoms with E-state index in [1.54, 1.807) is 24.3 Å². The average molecular weight is 242 g/mol. The molecule has 0 aliphatic heterocycles. The highest BCUT2D eigenvalue weighted by Gasteiger charge is 2.13. The Morgan fingerprint density at radius 2 is 2.00 bits per heavy atom. The first-order chi connectivity index (χ1) is 7.44. The van der Waals surface area contributed by atoms with Crippen LogP contribution in [0.15, 0.2) is 24.3 Å². The average Bonchev–Trinajstić information content (AvgIpc) is 2.16. The van der Waals surface area contributed by atoms with Gasteiger partial charge >= 0.3 is 0 Å². The van der Waals surface area contributed by atoms with Gasteiger partial charge in [0.15, 0.2) is 0 Å². The predicted octanol–water partition coefficient (Wildman–Crippen LogP) is -0.123. The minimum atomic E-state index is -3.53. The van der Waals surface area contributed by atoms with Crippen LogP contribution in [0, 0.1) is 0 Å². The fourth-order valence-corrected chi connectivity index (χ4v) is 1.79. The Hall–Kier alpha value is -1.40. The minimum absolute atomic E-state index is 0.346. The third-order valence-corrected chi connectivity index (χ3v) is 2.51. The molecule has 0 unspecified atom stereocenters. The predicted molar refractivity (Wildman–Crippen MR) is 61.5 cm³/mol. The van der Waals surface area contributed by atoms with Gasteiger partial charge < -0.3 is 5.73 Å². The SMILES string of the molecule is CS(=O)(=O)NC(=O)c1ccccc1CCN. The van der Waals surface area contributed by atoms with E-state index >= 15 is 0 Å². The van der Waals surface area contributed by atoms with E-state index < -0.39 is 15.9 Å². The molecule has 0 saturated carbocycles. The number of carbonyl (C=O) groups excluding carboxylic acids is 1. The highest BCUT2D eigenvalue weighted by molar-refractivity contribution is 7.89. The molecule has 0 radical (unpaired) electrons. The molecular weight excluding hydrogens is 228 g/mol. The Bertz CT molecular complexity index is 483. The second-order valence-electron chi connectivity index (χ2n) is 3.40. The Morgan fingerprint density at radius 1 is 1.38 bits per heavy atom. The van der Waals surface area contributed by atoms with Gasteiger partial charge in [0.25, 0.3) is 5.91 Å². The van der Waals surface area contributed by atoms with Crippen LogP contribution in [0.3, 0.4) is 0 Å². The van der Waals surface area contributed by atoms with Crippen LogP contribution in [0.5, 0.6) is 0 Å². The highest BCUT2D eigenvalue weighted by atomic mass is 32.2. The molecule has 16 heavy (non-hydrogen) atoms. The van der Waals surface area contributed by atoms with Crippen LogP contribution in [0.4, 0.5) is 0 Å². The molecule has 3 N–H and O–H groups in total. The molecule has 0 aromatic heterocycles. The Morgan fingerprint density at radius 3 is 2.56 bits per heavy atom. The summed E-state index contributed by atoms with van der Waals surface area (Å²) in [7, 11) is -3.53. The van der Waals surface area contributed by atoms with Crippen molar-refractivity contribution in [2.75, 3.05) is 12.8 Å². The van der Waals surface area contributed by atoms with E-state index in [1.165, 1.54) is 0 Å². The van der Waals surface area contributed by atoms with E-state index in [2.05, 4.69) is 0 Å². The first-order valence-electron chi connectivity index (χ1n) is 4.74. The summed E-state index contributed by atoms with van der Waals surface area (Å²) in [6.07, 6.45) is 1.48. The maximum Gasteiger partial charge on any atom is 0.264 e. The minimum Gasteiger partial charge on any atom is -0.330 e. The lowest BCUT2D eigenvalue weighted by molar-refractivity contribution is 0.0981. The molecule has 1 aromatic rings. The summed E-state index contributed by atoms with van der Waals surface area (Å²) in [4.78, 5) is 11.6. The van der Waals surface area contributed by atoms with Crippen LogP contribution in [0.25, 0.3) is 0 Å². The summed E-state index contributed by atoms with van der Waals surface area (Å²) in [6.45, 7) is 0.406. The molecule has 5 nitrogen and oxygen atoms in total. The molecular formula is C10H14N2O3S. The Kier molecular flexibility index (Phi) is 4.03. The van der Waals surface area contributed by atoms with Crippen molar-refractivity contribution in [2.45, 2.75) is 6.42 Å². The van der Waals surface area contributed by atoms with E-state index in [0.29, 0.717) is 18.5 Å². The van der Waals surface area contributed by atoms with E-state index in [0.717, 1.165) is 11.8 Å². The summed E-state index contributed by atoms with van der Waals surface area (Å²) in [5.74, 6) is -0.619. The van der Waals surface area contributed by atoms with Gasteiger partial charge in [-0.1, -0.05) is 18.2 Å². The monoisotopic (exact) mass is 242 g/mol. The smallest absolute Gasteiger partial charge is 0.264 e. The molecule has 1 amide bonds. The van der Waals surface area contributed by atoms with E-state index in [1.807, 2.05) is 4.72 Å². The van der Waals surface area contributed by atoms with Crippen molar-refractivity contribution in [1.82, 2.24) is 4.72 Å². The fraction of sp³-hybridized carbons (Fsp3) is 0.300. The number of rotatable bonds is 4. The number of hydrogen-bond donors (Lipinski definition) is 2. The van der Waals surface area contributed by atoms with Gasteiger partial charge in [-0.25, -0.2) is 13.1 Å². The van der Waals surface area contributed by atoms with Crippen molar-refractivity contribution in [1.29, 1.82) is 0 Å². The summed E-state index contributed by atoms with van der Waals surface area (Å²) < 4.78 is 23.8. The molecule has 0 aliphatic carbocycles. The van der Waals surface area contributed by atoms with E-state index in [4.69, 9.17) is 5.73 Å². The van der Waals surface area contributed by atoms with Crippen LogP contribution in [-0.4, -0.2) is 27.1 Å². The molecule has 0 bridgehead atoms. The third kappa shape index (κ3) is 3.63. The molecule has 1 aromatic carbocycles. The Balaban J connectivity index is 2.99. The lowest BCUT2D eigenvalue weighted by atomic mass is 10.0. The number of amides is 1. The van der Waals surface area contributed by atoms with Gasteiger partial charge in [0.2, 0.25) is 10.0 Å². The summed E-state index contributed by atoms with van der Waals surface area (Å²) in [5, 5.41) is 0. The van der Waals surface area contributed by atoms with Crippen LogP contribution in [0.1, 0.15) is 15.9 Å². The number of benzene rings is 1. The van der Waals surface area contributed by atoms with Crippen molar-refractivity contribution in [2.24, 2.45) is 5.73 Å². The molecule has 0 aliphatic rings. The van der Waals surface area contributed by atoms with Crippen LogP contribution < -0.4 is 10.5 Å². The van der Waals surface area contributed by atoms with Gasteiger partial charge in [0, 0.05) is 5.56 Å². The quantitative estimate of drug-likeness (QED) is 0.770. The Labute approximate surface area is 94.7 Å². The van der Waals surface area contributed by atoms with Crippen LogP contribution >= 0.6 is 0 Å². The zero-order chi connectivity index (χ0) is 12.2. The first-order valence-corrected chi connectivity index (χ1v) is 6.63. The second kappa shape index (κ2) is 5.09. The standard InChI is InChI=1S/C10H14N2O3S/c1-16(14,15)12-10(13)9-5-3-2-4-8(9)6-7-11/h2-5H,6-7,11H2,1H3,(H,12,13). The fourth-order valence-electron chi connectivity index (χ4n) is 1.34. The van der Waals surface area contributed by atoms with Gasteiger partial charge in [-0.05, 0) is 24.6 Å². The van der Waals surface area contributed by atoms with E-state index in [9.17, 15) is 13.2 Å². The second-order valence-corrected chi connectivity index (χ2v) is 5.15. The molecule has 88 valence electrons. The molecule has 6 heteroatoms. The van der Waals surface area contributed by atoms with Gasteiger partial charge in [-0.3, -0.25) is 4.79 Å². The molecule has 0 spiro atoms. The van der Waals surface area contributed by atoms with Crippen molar-refractivity contribution in [3.05, 3.63) is 35.4 Å². The van der Waals surface area contributed by atoms with Gasteiger partial charge in [0.05, 0.1) is 6.26 Å². The normalized spacial score (nSPS) is 11.1. The molecule has 0 heterocycles. The zero-order valence-corrected chi connectivity index (χ0v) is 9.75. The van der Waals surface area contributed by atoms with Crippen LogP contribution in [0.2, 0.25) is 0 Å². The summed E-state index contributed by atoms with van der Waals surface area (Å²) in [5.41, 5.74) is 6.49. The molecule has 1 rings (SSSR count). The maximum atomic E-state index is 11.6. The topological polar surface area (TPSA) is 89.3 Å². The van der Waals surface area contributed by atoms with E-state index in [-0.39, 0.29) is 0 Å². The van der Waals surface area contributed by atoms with Crippen molar-refractivity contribution < 1.29 is 13.2 Å². The largest absolute Gasteiger partial charge is 0.330 e. The number of nitrogens with one attached hydrogen (secondary N) is 1. The molecule has 0 fully saturated rings. The van der Waals surface area contributed by atoms with Crippen molar-refractivity contribution >= 4 is 15.9 Å². The summed E-state index contributed by atoms with van der Waals surface area (Å²) in [6, 6.07) is 6.79. The number of carbonyl (C=O) groups is 1. The number of nitrogens with two attached hydrogens (primary N) is 1. The van der Waals surface area contributed by atoms with Crippen molar-refractivity contribution in [3.8, 4) is 0 Å². The zero-order valence-electron chi connectivity index (χ0n) is 8.93. The lowest BCUT2D eigenvalue weighted by Gasteiger charge is -2.07. The van der Waals surface area contributed by atoms with Crippen molar-refractivity contribution in [3.63, 3.8) is 0 Å². The molecule has 0 atom stereocenters. The van der Waals surface area contributed by atoms with Crippen LogP contribution in [-0.2, 0) is 16.4 Å². The molecule has 0 saturated heterocycles. The maximum absolute atomic E-state index is 11.6. The third-order valence-electron chi connectivity index (χ3n) is 1.95. The van der Waals surface area contributed by atoms with Gasteiger partial charge in [0.1, 0.15) is 0 Å². The highest BCUT2D eigenvalue weighted by Crippen LogP contribution is 2.09. The summed E-state index contributed by atoms with van der Waals surface area (Å²) >= 11 is 0. The van der Waals surface area contributed by atoms with Gasteiger partial charge in [-0.2, -0.15) is 0 Å². The number of hydrogen-bond acceptors (Lipinski definition) is 4. The first kappa shape index (κ1) is 12.7.